The standard InChI is InChI=1S/C23H33F3N3O6S2/c1-14-19(12-36-13-22(3,4)34-15(2)30)29(35-37(6,31)32,10-9-20(14)33-5)21-27-17-8-7-16(23(24,25)26)11-18(17)28-21/h7-8,11,14,19-20H,9-10,12-13H2,1-6H3,(H,27,28)/q+1. The molecule has 1 aliphatic heterocycles. The molecule has 208 valence electrons. The number of thioether (sulfide) groups is 1. The number of imidazole rings is 1. The molecule has 0 saturated carbocycles. The van der Waals surface area contributed by atoms with Crippen molar-refractivity contribution >= 4 is 44.8 Å². The van der Waals surface area contributed by atoms with E-state index in [1.165, 1.54) is 24.8 Å². The van der Waals surface area contributed by atoms with Crippen molar-refractivity contribution in [3.8, 4) is 0 Å². The predicted octanol–water partition coefficient (Wildman–Crippen LogP) is 4.28. The van der Waals surface area contributed by atoms with Gasteiger partial charge in [0.1, 0.15) is 18.2 Å². The molecule has 9 nitrogen and oxygen atoms in total. The number of carbonyl (C=O) groups is 1. The number of quaternary nitrogens is 1. The van der Waals surface area contributed by atoms with Crippen LogP contribution in [-0.2, 0) is 34.8 Å². The summed E-state index contributed by atoms with van der Waals surface area (Å²) in [7, 11) is -2.46. The van der Waals surface area contributed by atoms with Crippen LogP contribution in [-0.4, -0.2) is 73.5 Å². The van der Waals surface area contributed by atoms with E-state index in [0.717, 1.165) is 18.4 Å². The molecule has 1 aromatic carbocycles. The van der Waals surface area contributed by atoms with Crippen LogP contribution >= 0.6 is 11.8 Å². The second-order valence-electron chi connectivity index (χ2n) is 9.95. The van der Waals surface area contributed by atoms with Crippen LogP contribution in [0.2, 0.25) is 0 Å². The lowest BCUT2D eigenvalue weighted by Crippen LogP contribution is -2.67. The Labute approximate surface area is 218 Å². The third-order valence-electron chi connectivity index (χ3n) is 6.36. The average molecular weight is 569 g/mol. The Bertz CT molecular complexity index is 1230. The molecule has 0 aliphatic carbocycles. The van der Waals surface area contributed by atoms with Gasteiger partial charge in [-0.2, -0.15) is 38.3 Å². The predicted molar refractivity (Wildman–Crippen MR) is 135 cm³/mol. The number of halogens is 3. The number of hydrogen-bond acceptors (Lipinski definition) is 8. The SMILES string of the molecule is COC1CC[N+](OS(C)(=O)=O)(c2nc3ccc(C(F)(F)F)cc3[nH]2)C(CSCC(C)(C)OC(C)=O)C1C. The molecule has 0 spiro atoms. The number of aromatic nitrogens is 2. The number of piperidine rings is 1. The van der Waals surface area contributed by atoms with E-state index in [4.69, 9.17) is 13.8 Å². The van der Waals surface area contributed by atoms with Crippen LogP contribution in [0.25, 0.3) is 11.0 Å². The van der Waals surface area contributed by atoms with E-state index in [1.54, 1.807) is 21.0 Å². The summed E-state index contributed by atoms with van der Waals surface area (Å²) in [6.45, 7) is 6.94. The van der Waals surface area contributed by atoms with Gasteiger partial charge in [-0.25, -0.2) is 0 Å². The second kappa shape index (κ2) is 10.7. The molecule has 4 unspecified atom stereocenters. The van der Waals surface area contributed by atoms with E-state index in [0.29, 0.717) is 17.9 Å². The number of carbonyl (C=O) groups excluding carboxylic acids is 1. The maximum absolute atomic E-state index is 13.3. The molecule has 37 heavy (non-hydrogen) atoms. The summed E-state index contributed by atoms with van der Waals surface area (Å²) in [5.41, 5.74) is -1.25. The molecule has 1 fully saturated rings. The number of hydrogen-bond donors (Lipinski definition) is 1. The molecule has 0 amide bonds. The Morgan fingerprint density at radius 3 is 2.54 bits per heavy atom. The number of esters is 1. The number of fused-ring (bicyclic) bond motifs is 1. The lowest BCUT2D eigenvalue weighted by atomic mass is 9.88. The summed E-state index contributed by atoms with van der Waals surface area (Å²) in [4.78, 5) is 18.9. The molecule has 1 aromatic heterocycles. The number of H-pyrrole nitrogens is 1. The number of nitrogens with zero attached hydrogens (tertiary/aromatic N) is 2. The number of ether oxygens (including phenoxy) is 2. The Balaban J connectivity index is 2.07. The van der Waals surface area contributed by atoms with Crippen molar-refractivity contribution in [2.24, 2.45) is 5.92 Å². The van der Waals surface area contributed by atoms with Crippen LogP contribution in [0.1, 0.15) is 39.7 Å². The monoisotopic (exact) mass is 568 g/mol. The largest absolute Gasteiger partial charge is 0.459 e. The van der Waals surface area contributed by atoms with Crippen LogP contribution in [0, 0.1) is 5.92 Å². The molecular weight excluding hydrogens is 535 g/mol. The summed E-state index contributed by atoms with van der Waals surface area (Å²) >= 11 is 1.45. The molecule has 0 radical (unpaired) electrons. The number of alkyl halides is 3. The zero-order chi connectivity index (χ0) is 27.8. The van der Waals surface area contributed by atoms with Crippen molar-refractivity contribution in [2.75, 3.05) is 31.4 Å². The number of rotatable bonds is 9. The van der Waals surface area contributed by atoms with E-state index in [-0.39, 0.29) is 35.5 Å². The Morgan fingerprint density at radius 2 is 1.97 bits per heavy atom. The molecular formula is C23H33F3N3O6S2+. The summed E-state index contributed by atoms with van der Waals surface area (Å²) < 4.78 is 81.1. The second-order valence-corrected chi connectivity index (χ2v) is 12.5. The van der Waals surface area contributed by atoms with Crippen LogP contribution < -0.4 is 4.65 Å². The third-order valence-corrected chi connectivity index (χ3v) is 8.37. The number of aromatic amines is 1. The highest BCUT2D eigenvalue weighted by Gasteiger charge is 2.55. The molecule has 3 rings (SSSR count). The van der Waals surface area contributed by atoms with Gasteiger partial charge in [0.2, 0.25) is 0 Å². The number of methoxy groups -OCH3 is 1. The first-order valence-electron chi connectivity index (χ1n) is 11.6. The van der Waals surface area contributed by atoms with Gasteiger partial charge in [-0.3, -0.25) is 9.78 Å². The average Bonchev–Trinajstić information content (AvgIpc) is 3.17. The van der Waals surface area contributed by atoms with Crippen LogP contribution in [0.5, 0.6) is 0 Å². The summed E-state index contributed by atoms with van der Waals surface area (Å²) in [6.07, 6.45) is -3.40. The fourth-order valence-electron chi connectivity index (χ4n) is 4.81. The van der Waals surface area contributed by atoms with Gasteiger partial charge < -0.3 is 9.47 Å². The minimum atomic E-state index is -4.55. The minimum Gasteiger partial charge on any atom is -0.459 e. The molecule has 2 heterocycles. The van der Waals surface area contributed by atoms with Gasteiger partial charge in [0.25, 0.3) is 0 Å². The quantitative estimate of drug-likeness (QED) is 0.353. The first-order valence-corrected chi connectivity index (χ1v) is 14.6. The van der Waals surface area contributed by atoms with Crippen molar-refractivity contribution in [3.05, 3.63) is 23.8 Å². The highest BCUT2D eigenvalue weighted by atomic mass is 32.2. The van der Waals surface area contributed by atoms with Crippen molar-refractivity contribution < 1.29 is 40.1 Å². The smallest absolute Gasteiger partial charge is 0.416 e. The van der Waals surface area contributed by atoms with E-state index >= 15 is 0 Å². The van der Waals surface area contributed by atoms with Gasteiger partial charge >= 0.3 is 28.2 Å². The molecule has 14 heteroatoms. The van der Waals surface area contributed by atoms with Crippen molar-refractivity contribution in [2.45, 2.75) is 58.0 Å². The molecule has 4 atom stereocenters. The van der Waals surface area contributed by atoms with E-state index in [1.807, 2.05) is 6.92 Å². The zero-order valence-corrected chi connectivity index (χ0v) is 23.2. The van der Waals surface area contributed by atoms with Gasteiger partial charge in [-0.15, -0.1) is 0 Å². The molecule has 2 aromatic rings. The fraction of sp³-hybridized carbons (Fsp3) is 0.652. The highest BCUT2D eigenvalue weighted by Crippen LogP contribution is 2.40. The van der Waals surface area contributed by atoms with Gasteiger partial charge in [0.05, 0.1) is 29.0 Å². The third kappa shape index (κ3) is 6.96. The molecule has 1 aliphatic rings. The Hall–Kier alpha value is -1.87. The summed E-state index contributed by atoms with van der Waals surface area (Å²) in [6, 6.07) is 2.60. The maximum Gasteiger partial charge on any atom is 0.416 e. The minimum absolute atomic E-state index is 0.0889. The molecule has 1 N–H and O–H groups in total. The van der Waals surface area contributed by atoms with Crippen molar-refractivity contribution in [1.82, 2.24) is 14.6 Å². The number of hydroxylamine groups is 2. The van der Waals surface area contributed by atoms with Crippen LogP contribution in [0.4, 0.5) is 19.1 Å². The molecule has 0 bridgehead atoms. The molecule has 1 saturated heterocycles. The van der Waals surface area contributed by atoms with Gasteiger partial charge in [0, 0.05) is 37.9 Å². The topological polar surface area (TPSA) is 108 Å². The summed E-state index contributed by atoms with van der Waals surface area (Å²) in [5.74, 6) is 0.241. The van der Waals surface area contributed by atoms with Crippen molar-refractivity contribution in [1.29, 1.82) is 0 Å². The summed E-state index contributed by atoms with van der Waals surface area (Å²) in [5, 5.41) is 0. The maximum atomic E-state index is 13.3. The Kier molecular flexibility index (Phi) is 8.60. The first kappa shape index (κ1) is 29.7. The van der Waals surface area contributed by atoms with Gasteiger partial charge in [-0.05, 0) is 32.0 Å². The van der Waals surface area contributed by atoms with Gasteiger partial charge in [0.15, 0.2) is 0 Å². The first-order chi connectivity index (χ1) is 17.0. The zero-order valence-electron chi connectivity index (χ0n) is 21.6. The van der Waals surface area contributed by atoms with E-state index < -0.39 is 44.1 Å². The Morgan fingerprint density at radius 1 is 1.30 bits per heavy atom. The van der Waals surface area contributed by atoms with E-state index in [2.05, 4.69) is 9.97 Å². The lowest BCUT2D eigenvalue weighted by molar-refractivity contribution is -0.151. The normalized spacial score (nSPS) is 25.4. The number of nitrogens with one attached hydrogen (secondary N) is 1. The van der Waals surface area contributed by atoms with Gasteiger partial charge in [-0.1, -0.05) is 15.9 Å². The number of benzene rings is 1. The highest BCUT2D eigenvalue weighted by molar-refractivity contribution is 7.99. The van der Waals surface area contributed by atoms with E-state index in [9.17, 15) is 26.4 Å². The fourth-order valence-corrected chi connectivity index (χ4v) is 7.00. The van der Waals surface area contributed by atoms with Crippen LogP contribution in [0.15, 0.2) is 18.2 Å². The van der Waals surface area contributed by atoms with Crippen molar-refractivity contribution in [3.63, 3.8) is 0 Å². The lowest BCUT2D eigenvalue weighted by Gasteiger charge is -2.46. The van der Waals surface area contributed by atoms with Crippen LogP contribution in [0.3, 0.4) is 0 Å².